The van der Waals surface area contributed by atoms with E-state index in [0.717, 1.165) is 45.0 Å². The SMILES string of the molecule is CCNC(=NCCCC(=O)N1Cc2ccccc2C1)NC(C)COC1CCOC1.I. The van der Waals surface area contributed by atoms with Crippen molar-refractivity contribution in [1.29, 1.82) is 0 Å². The van der Waals surface area contributed by atoms with Crippen LogP contribution in [0.2, 0.25) is 0 Å². The zero-order valence-corrected chi connectivity index (χ0v) is 20.4. The van der Waals surface area contributed by atoms with Gasteiger partial charge < -0.3 is 25.0 Å². The number of guanidine groups is 1. The number of nitrogens with one attached hydrogen (secondary N) is 2. The van der Waals surface area contributed by atoms with Crippen LogP contribution in [0.15, 0.2) is 29.3 Å². The third-order valence-corrected chi connectivity index (χ3v) is 5.21. The van der Waals surface area contributed by atoms with Gasteiger partial charge in [-0.15, -0.1) is 24.0 Å². The van der Waals surface area contributed by atoms with Crippen LogP contribution in [0.4, 0.5) is 0 Å². The zero-order chi connectivity index (χ0) is 20.5. The van der Waals surface area contributed by atoms with Gasteiger partial charge in [0.05, 0.1) is 19.3 Å². The molecule has 7 nitrogen and oxygen atoms in total. The van der Waals surface area contributed by atoms with Gasteiger partial charge in [0.2, 0.25) is 5.91 Å². The van der Waals surface area contributed by atoms with Crippen molar-refractivity contribution in [3.05, 3.63) is 35.4 Å². The molecule has 2 heterocycles. The summed E-state index contributed by atoms with van der Waals surface area (Å²) in [5, 5.41) is 6.63. The molecular formula is C22H35IN4O3. The molecule has 0 saturated carbocycles. The van der Waals surface area contributed by atoms with Gasteiger partial charge in [-0.3, -0.25) is 9.79 Å². The number of benzene rings is 1. The fourth-order valence-electron chi connectivity index (χ4n) is 3.61. The maximum atomic E-state index is 12.5. The quantitative estimate of drug-likeness (QED) is 0.222. The highest BCUT2D eigenvalue weighted by molar-refractivity contribution is 14.0. The van der Waals surface area contributed by atoms with E-state index in [1.807, 2.05) is 24.0 Å². The number of carbonyl (C=O) groups excluding carboxylic acids is 1. The number of halogens is 1. The van der Waals surface area contributed by atoms with Gasteiger partial charge in [0.1, 0.15) is 0 Å². The van der Waals surface area contributed by atoms with Crippen molar-refractivity contribution in [2.75, 3.05) is 32.9 Å². The molecule has 2 N–H and O–H groups in total. The number of hydrogen-bond acceptors (Lipinski definition) is 4. The Morgan fingerprint density at radius 1 is 1.33 bits per heavy atom. The third-order valence-electron chi connectivity index (χ3n) is 5.21. The number of amides is 1. The van der Waals surface area contributed by atoms with E-state index in [2.05, 4.69) is 34.7 Å². The van der Waals surface area contributed by atoms with E-state index in [1.165, 1.54) is 11.1 Å². The number of aliphatic imine (C=N–C) groups is 1. The fourth-order valence-corrected chi connectivity index (χ4v) is 3.61. The van der Waals surface area contributed by atoms with E-state index in [0.29, 0.717) is 26.2 Å². The second kappa shape index (κ2) is 13.1. The van der Waals surface area contributed by atoms with Crippen LogP contribution in [0, 0.1) is 0 Å². The van der Waals surface area contributed by atoms with Crippen LogP contribution >= 0.6 is 24.0 Å². The lowest BCUT2D eigenvalue weighted by atomic mass is 10.1. The minimum atomic E-state index is 0. The smallest absolute Gasteiger partial charge is 0.223 e. The van der Waals surface area contributed by atoms with E-state index < -0.39 is 0 Å². The molecule has 2 unspecified atom stereocenters. The van der Waals surface area contributed by atoms with Crippen molar-refractivity contribution in [3.8, 4) is 0 Å². The number of ether oxygens (including phenoxy) is 2. The Kier molecular flexibility index (Phi) is 10.9. The Bertz CT molecular complexity index is 670. The second-order valence-electron chi connectivity index (χ2n) is 7.75. The highest BCUT2D eigenvalue weighted by Gasteiger charge is 2.22. The largest absolute Gasteiger partial charge is 0.379 e. The summed E-state index contributed by atoms with van der Waals surface area (Å²) in [5.74, 6) is 0.974. The maximum absolute atomic E-state index is 12.5. The lowest BCUT2D eigenvalue weighted by Crippen LogP contribution is -2.44. The minimum Gasteiger partial charge on any atom is -0.379 e. The number of nitrogens with zero attached hydrogens (tertiary/aromatic N) is 2. The molecule has 2 atom stereocenters. The number of rotatable bonds is 9. The summed E-state index contributed by atoms with van der Waals surface area (Å²) in [4.78, 5) is 19.0. The third kappa shape index (κ3) is 7.70. The molecule has 3 rings (SSSR count). The molecule has 2 aliphatic rings. The van der Waals surface area contributed by atoms with Gasteiger partial charge in [0.15, 0.2) is 5.96 Å². The number of fused-ring (bicyclic) bond motifs is 1. The van der Waals surface area contributed by atoms with E-state index in [1.54, 1.807) is 0 Å². The Morgan fingerprint density at radius 3 is 2.70 bits per heavy atom. The Hall–Kier alpha value is -1.39. The number of hydrogen-bond donors (Lipinski definition) is 2. The van der Waals surface area contributed by atoms with Crippen LogP contribution in [-0.2, 0) is 27.4 Å². The first-order valence-corrected chi connectivity index (χ1v) is 10.7. The van der Waals surface area contributed by atoms with Gasteiger partial charge in [-0.1, -0.05) is 24.3 Å². The molecule has 1 amide bonds. The molecule has 0 aliphatic carbocycles. The van der Waals surface area contributed by atoms with Crippen molar-refractivity contribution >= 4 is 35.8 Å². The van der Waals surface area contributed by atoms with Crippen LogP contribution in [0.3, 0.4) is 0 Å². The molecule has 168 valence electrons. The monoisotopic (exact) mass is 530 g/mol. The van der Waals surface area contributed by atoms with Crippen LogP contribution < -0.4 is 10.6 Å². The minimum absolute atomic E-state index is 0. The molecule has 0 radical (unpaired) electrons. The topological polar surface area (TPSA) is 75.2 Å². The first kappa shape index (κ1) is 24.9. The molecule has 1 aromatic carbocycles. The summed E-state index contributed by atoms with van der Waals surface area (Å²) >= 11 is 0. The molecule has 1 saturated heterocycles. The van der Waals surface area contributed by atoms with Gasteiger partial charge in [-0.25, -0.2) is 0 Å². The standard InChI is InChI=1S/C22H34N4O3.HI/c1-3-23-22(25-17(2)15-29-20-10-12-28-16-20)24-11-6-9-21(27)26-13-18-7-4-5-8-19(18)14-26;/h4-5,7-8,17,20H,3,6,9-16H2,1-2H3,(H2,23,24,25);1H. The first-order chi connectivity index (χ1) is 14.2. The van der Waals surface area contributed by atoms with Crippen LogP contribution in [0.5, 0.6) is 0 Å². The molecule has 30 heavy (non-hydrogen) atoms. The Morgan fingerprint density at radius 2 is 2.07 bits per heavy atom. The van der Waals surface area contributed by atoms with Crippen LogP contribution in [0.1, 0.15) is 44.2 Å². The Balaban J connectivity index is 0.00000320. The van der Waals surface area contributed by atoms with Gasteiger partial charge in [0, 0.05) is 45.2 Å². The van der Waals surface area contributed by atoms with Crippen molar-refractivity contribution < 1.29 is 14.3 Å². The van der Waals surface area contributed by atoms with E-state index in [9.17, 15) is 4.79 Å². The second-order valence-corrected chi connectivity index (χ2v) is 7.75. The van der Waals surface area contributed by atoms with Crippen molar-refractivity contribution in [1.82, 2.24) is 15.5 Å². The average Bonchev–Trinajstić information content (AvgIpc) is 3.39. The normalized spacial score (nSPS) is 19.2. The fraction of sp³-hybridized carbons (Fsp3) is 0.636. The molecule has 0 bridgehead atoms. The van der Waals surface area contributed by atoms with Crippen molar-refractivity contribution in [3.63, 3.8) is 0 Å². The molecule has 1 fully saturated rings. The maximum Gasteiger partial charge on any atom is 0.223 e. The zero-order valence-electron chi connectivity index (χ0n) is 18.1. The summed E-state index contributed by atoms with van der Waals surface area (Å²) in [6.07, 6.45) is 2.45. The van der Waals surface area contributed by atoms with Crippen LogP contribution in [-0.4, -0.2) is 61.8 Å². The highest BCUT2D eigenvalue weighted by atomic mass is 127. The summed E-state index contributed by atoms with van der Waals surface area (Å²) < 4.78 is 11.2. The summed E-state index contributed by atoms with van der Waals surface area (Å²) in [6.45, 7) is 9.09. The lowest BCUT2D eigenvalue weighted by Gasteiger charge is -2.19. The molecule has 2 aliphatic heterocycles. The van der Waals surface area contributed by atoms with Crippen molar-refractivity contribution in [2.24, 2.45) is 4.99 Å². The van der Waals surface area contributed by atoms with Gasteiger partial charge in [-0.2, -0.15) is 0 Å². The predicted octanol–water partition coefficient (Wildman–Crippen LogP) is 2.68. The first-order valence-electron chi connectivity index (χ1n) is 10.7. The highest BCUT2D eigenvalue weighted by Crippen LogP contribution is 2.22. The van der Waals surface area contributed by atoms with Gasteiger partial charge in [-0.05, 0) is 37.8 Å². The summed E-state index contributed by atoms with van der Waals surface area (Å²) in [7, 11) is 0. The average molecular weight is 530 g/mol. The summed E-state index contributed by atoms with van der Waals surface area (Å²) in [5.41, 5.74) is 2.52. The van der Waals surface area contributed by atoms with E-state index in [4.69, 9.17) is 9.47 Å². The molecule has 0 aromatic heterocycles. The Labute approximate surface area is 197 Å². The molecular weight excluding hydrogens is 495 g/mol. The number of carbonyl (C=O) groups is 1. The van der Waals surface area contributed by atoms with Gasteiger partial charge in [0.25, 0.3) is 0 Å². The lowest BCUT2D eigenvalue weighted by molar-refractivity contribution is -0.131. The predicted molar refractivity (Wildman–Crippen MR) is 129 cm³/mol. The van der Waals surface area contributed by atoms with E-state index >= 15 is 0 Å². The molecule has 0 spiro atoms. The van der Waals surface area contributed by atoms with Gasteiger partial charge >= 0.3 is 0 Å². The summed E-state index contributed by atoms with van der Waals surface area (Å²) in [6, 6.07) is 8.42. The van der Waals surface area contributed by atoms with Crippen molar-refractivity contribution in [2.45, 2.75) is 58.3 Å². The van der Waals surface area contributed by atoms with Crippen LogP contribution in [0.25, 0.3) is 0 Å². The van der Waals surface area contributed by atoms with E-state index in [-0.39, 0.29) is 42.0 Å². The molecule has 8 heteroatoms. The molecule has 1 aromatic rings.